The van der Waals surface area contributed by atoms with Crippen LogP contribution in [0.4, 0.5) is 5.95 Å². The number of hydrogen-bond donors (Lipinski definition) is 3. The number of rotatable bonds is 2. The summed E-state index contributed by atoms with van der Waals surface area (Å²) >= 11 is 0. The van der Waals surface area contributed by atoms with E-state index in [1.807, 2.05) is 0 Å². The van der Waals surface area contributed by atoms with Crippen LogP contribution in [0.5, 0.6) is 0 Å². The summed E-state index contributed by atoms with van der Waals surface area (Å²) < 4.78 is 1.51. The molecule has 0 aliphatic heterocycles. The molecular weight excluding hydrogens is 198 g/mol. The average Bonchev–Trinajstić information content (AvgIpc) is 2.58. The molecule has 0 aliphatic rings. The maximum absolute atomic E-state index is 11.4. The third kappa shape index (κ3) is 1.59. The Morgan fingerprint density at radius 2 is 2.47 bits per heavy atom. The maximum atomic E-state index is 11.4. The molecule has 15 heavy (non-hydrogen) atoms. The highest BCUT2D eigenvalue weighted by Gasteiger charge is 2.06. The second kappa shape index (κ2) is 3.54. The minimum Gasteiger partial charge on any atom is -0.392 e. The lowest BCUT2D eigenvalue weighted by atomic mass is 10.5. The lowest BCUT2D eigenvalue weighted by molar-refractivity contribution is 0.343. The van der Waals surface area contributed by atoms with Gasteiger partial charge in [0.1, 0.15) is 6.33 Å². The molecule has 2 aromatic heterocycles. The van der Waals surface area contributed by atoms with Gasteiger partial charge in [-0.05, 0) is 6.08 Å². The number of imidazole rings is 1. The molecule has 0 radical (unpaired) electrons. The third-order valence-electron chi connectivity index (χ3n) is 1.82. The lowest BCUT2D eigenvalue weighted by Gasteiger charge is -1.95. The van der Waals surface area contributed by atoms with Crippen LogP contribution < -0.4 is 11.3 Å². The molecule has 2 aromatic rings. The Labute approximate surface area is 83.9 Å². The summed E-state index contributed by atoms with van der Waals surface area (Å²) in [7, 11) is 0. The number of H-pyrrole nitrogens is 1. The van der Waals surface area contributed by atoms with Crippen LogP contribution in [0.3, 0.4) is 0 Å². The fourth-order valence-electron chi connectivity index (χ4n) is 1.21. The average molecular weight is 207 g/mol. The largest absolute Gasteiger partial charge is 0.392 e. The van der Waals surface area contributed by atoms with E-state index in [4.69, 9.17) is 10.8 Å². The van der Waals surface area contributed by atoms with Crippen LogP contribution >= 0.6 is 0 Å². The third-order valence-corrected chi connectivity index (χ3v) is 1.82. The van der Waals surface area contributed by atoms with Crippen molar-refractivity contribution in [1.29, 1.82) is 0 Å². The SMILES string of the molecule is Nc1nc2c(ncn2/C=C/CO)c(=O)[nH]1. The number of nitrogens with one attached hydrogen (secondary N) is 1. The van der Waals surface area contributed by atoms with E-state index < -0.39 is 0 Å². The smallest absolute Gasteiger partial charge is 0.280 e. The molecule has 7 heteroatoms. The first kappa shape index (κ1) is 9.41. The summed E-state index contributed by atoms with van der Waals surface area (Å²) in [4.78, 5) is 21.5. The van der Waals surface area contributed by atoms with Crippen LogP contribution in [-0.2, 0) is 0 Å². The summed E-state index contributed by atoms with van der Waals surface area (Å²) in [5, 5.41) is 8.61. The van der Waals surface area contributed by atoms with E-state index in [2.05, 4.69) is 15.0 Å². The fraction of sp³-hybridized carbons (Fsp3) is 0.125. The van der Waals surface area contributed by atoms with Crippen molar-refractivity contribution in [2.75, 3.05) is 12.3 Å². The van der Waals surface area contributed by atoms with Gasteiger partial charge in [-0.25, -0.2) is 4.98 Å². The van der Waals surface area contributed by atoms with E-state index in [1.54, 1.807) is 6.20 Å². The molecule has 0 bridgehead atoms. The molecule has 0 spiro atoms. The Hall–Kier alpha value is -2.15. The number of aliphatic hydroxyl groups excluding tert-OH is 1. The van der Waals surface area contributed by atoms with Gasteiger partial charge in [0.15, 0.2) is 11.2 Å². The zero-order valence-electron chi connectivity index (χ0n) is 7.71. The van der Waals surface area contributed by atoms with Gasteiger partial charge in [0, 0.05) is 6.20 Å². The molecule has 0 aliphatic carbocycles. The van der Waals surface area contributed by atoms with Crippen molar-refractivity contribution in [2.24, 2.45) is 0 Å². The Kier molecular flexibility index (Phi) is 2.22. The van der Waals surface area contributed by atoms with Crippen LogP contribution in [0, 0.1) is 0 Å². The molecule has 0 saturated heterocycles. The highest BCUT2D eigenvalue weighted by Crippen LogP contribution is 2.06. The molecule has 0 unspecified atom stereocenters. The lowest BCUT2D eigenvalue weighted by Crippen LogP contribution is -2.11. The van der Waals surface area contributed by atoms with Crippen LogP contribution in [-0.4, -0.2) is 31.2 Å². The number of anilines is 1. The molecule has 0 amide bonds. The highest BCUT2D eigenvalue weighted by atomic mass is 16.2. The molecular formula is C8H9N5O2. The normalized spacial score (nSPS) is 11.5. The first-order chi connectivity index (χ1) is 7.22. The minimum absolute atomic E-state index is 0.0339. The van der Waals surface area contributed by atoms with E-state index in [9.17, 15) is 4.79 Å². The molecule has 2 heterocycles. The predicted octanol–water partition coefficient (Wildman–Crippen LogP) is -0.835. The number of fused-ring (bicyclic) bond motifs is 1. The minimum atomic E-state index is -0.381. The Morgan fingerprint density at radius 3 is 3.20 bits per heavy atom. The van der Waals surface area contributed by atoms with Crippen molar-refractivity contribution in [3.8, 4) is 0 Å². The van der Waals surface area contributed by atoms with Gasteiger partial charge >= 0.3 is 0 Å². The van der Waals surface area contributed by atoms with E-state index in [-0.39, 0.29) is 23.6 Å². The van der Waals surface area contributed by atoms with Crippen LogP contribution in [0.25, 0.3) is 17.4 Å². The maximum Gasteiger partial charge on any atom is 0.280 e. The number of nitrogens with zero attached hydrogens (tertiary/aromatic N) is 3. The number of nitrogens with two attached hydrogens (primary N) is 1. The van der Waals surface area contributed by atoms with Crippen molar-refractivity contribution in [3.05, 3.63) is 22.8 Å². The first-order valence-corrected chi connectivity index (χ1v) is 4.22. The summed E-state index contributed by atoms with van der Waals surface area (Å²) in [6.45, 7) is -0.0989. The molecule has 0 saturated carbocycles. The number of aromatic amines is 1. The van der Waals surface area contributed by atoms with Gasteiger partial charge in [-0.15, -0.1) is 0 Å². The Balaban J connectivity index is 2.69. The monoisotopic (exact) mass is 207 g/mol. The van der Waals surface area contributed by atoms with Gasteiger partial charge in [0.05, 0.1) is 6.61 Å². The number of hydrogen-bond acceptors (Lipinski definition) is 5. The number of aromatic nitrogens is 4. The van der Waals surface area contributed by atoms with Gasteiger partial charge in [0.25, 0.3) is 5.56 Å². The zero-order valence-corrected chi connectivity index (χ0v) is 7.71. The summed E-state index contributed by atoms with van der Waals surface area (Å²) in [5.74, 6) is 0.0339. The van der Waals surface area contributed by atoms with E-state index in [1.165, 1.54) is 17.0 Å². The Bertz CT molecular complexity index is 568. The van der Waals surface area contributed by atoms with Crippen molar-refractivity contribution < 1.29 is 5.11 Å². The second-order valence-electron chi connectivity index (χ2n) is 2.84. The van der Waals surface area contributed by atoms with Crippen molar-refractivity contribution in [2.45, 2.75) is 0 Å². The topological polar surface area (TPSA) is 110 Å². The van der Waals surface area contributed by atoms with Gasteiger partial charge in [-0.3, -0.25) is 14.3 Å². The summed E-state index contributed by atoms with van der Waals surface area (Å²) in [6, 6.07) is 0. The van der Waals surface area contributed by atoms with Crippen LogP contribution in [0.2, 0.25) is 0 Å². The zero-order chi connectivity index (χ0) is 10.8. The highest BCUT2D eigenvalue weighted by molar-refractivity contribution is 5.72. The quantitative estimate of drug-likeness (QED) is 0.595. The van der Waals surface area contributed by atoms with E-state index in [0.29, 0.717) is 5.65 Å². The molecule has 0 fully saturated rings. The van der Waals surface area contributed by atoms with Crippen LogP contribution in [0.1, 0.15) is 0 Å². The molecule has 4 N–H and O–H groups in total. The first-order valence-electron chi connectivity index (χ1n) is 4.22. The van der Waals surface area contributed by atoms with Crippen LogP contribution in [0.15, 0.2) is 17.2 Å². The van der Waals surface area contributed by atoms with E-state index in [0.717, 1.165) is 0 Å². The van der Waals surface area contributed by atoms with Gasteiger partial charge in [0.2, 0.25) is 5.95 Å². The van der Waals surface area contributed by atoms with Crippen molar-refractivity contribution in [1.82, 2.24) is 19.5 Å². The molecule has 7 nitrogen and oxygen atoms in total. The van der Waals surface area contributed by atoms with E-state index >= 15 is 0 Å². The van der Waals surface area contributed by atoms with Gasteiger partial charge in [-0.1, -0.05) is 0 Å². The standard InChI is InChI=1S/C8H9N5O2/c9-8-11-6-5(7(15)12-8)10-4-13(6)2-1-3-14/h1-2,4,14H,3H2,(H3,9,11,12,15)/b2-1+. The van der Waals surface area contributed by atoms with Crippen molar-refractivity contribution in [3.63, 3.8) is 0 Å². The fourth-order valence-corrected chi connectivity index (χ4v) is 1.21. The molecule has 78 valence electrons. The second-order valence-corrected chi connectivity index (χ2v) is 2.84. The predicted molar refractivity (Wildman–Crippen MR) is 55.0 cm³/mol. The van der Waals surface area contributed by atoms with Gasteiger partial charge in [-0.2, -0.15) is 4.98 Å². The Morgan fingerprint density at radius 1 is 1.67 bits per heavy atom. The molecule has 0 aromatic carbocycles. The summed E-state index contributed by atoms with van der Waals surface area (Å²) in [5.41, 5.74) is 5.60. The van der Waals surface area contributed by atoms with Gasteiger partial charge < -0.3 is 10.8 Å². The number of nitrogen functional groups attached to an aromatic ring is 1. The molecule has 0 atom stereocenters. The van der Waals surface area contributed by atoms with Crippen molar-refractivity contribution >= 4 is 23.3 Å². The summed E-state index contributed by atoms with van der Waals surface area (Å²) in [6.07, 6.45) is 4.49. The molecule has 2 rings (SSSR count). The number of aliphatic hydroxyl groups is 1.